The van der Waals surface area contributed by atoms with Gasteiger partial charge in [0.1, 0.15) is 5.82 Å². The summed E-state index contributed by atoms with van der Waals surface area (Å²) in [5.41, 5.74) is 2.33. The molecular formula is C23H30FN3O2. The number of amides is 3. The van der Waals surface area contributed by atoms with Gasteiger partial charge in [0.25, 0.3) is 0 Å². The largest absolute Gasteiger partial charge is 0.354 e. The second-order valence-electron chi connectivity index (χ2n) is 7.08. The van der Waals surface area contributed by atoms with Gasteiger partial charge in [0.05, 0.1) is 0 Å². The third-order valence-corrected chi connectivity index (χ3v) is 4.60. The topological polar surface area (TPSA) is 61.4 Å². The fraction of sp³-hybridized carbons (Fsp3) is 0.391. The van der Waals surface area contributed by atoms with Crippen LogP contribution in [0.2, 0.25) is 0 Å². The Labute approximate surface area is 172 Å². The zero-order valence-corrected chi connectivity index (χ0v) is 17.2. The van der Waals surface area contributed by atoms with Crippen LogP contribution in [0, 0.1) is 12.7 Å². The maximum atomic E-state index is 13.3. The lowest BCUT2D eigenvalue weighted by molar-refractivity contribution is -0.121. The molecule has 0 unspecified atom stereocenters. The molecule has 0 bridgehead atoms. The lowest BCUT2D eigenvalue weighted by atomic mass is 10.1. The van der Waals surface area contributed by atoms with Gasteiger partial charge in [0.2, 0.25) is 5.91 Å². The van der Waals surface area contributed by atoms with Gasteiger partial charge >= 0.3 is 6.03 Å². The molecule has 0 spiro atoms. The summed E-state index contributed by atoms with van der Waals surface area (Å²) in [6.07, 6.45) is 4.67. The van der Waals surface area contributed by atoms with Crippen molar-refractivity contribution in [3.05, 3.63) is 59.9 Å². The average molecular weight is 400 g/mol. The van der Waals surface area contributed by atoms with Crippen LogP contribution in [-0.2, 0) is 4.79 Å². The maximum Gasteiger partial charge on any atom is 0.326 e. The monoisotopic (exact) mass is 399 g/mol. The highest BCUT2D eigenvalue weighted by molar-refractivity contribution is 6.01. The Morgan fingerprint density at radius 1 is 0.966 bits per heavy atom. The molecule has 0 radical (unpaired) electrons. The number of rotatable bonds is 10. The van der Waals surface area contributed by atoms with E-state index < -0.39 is 0 Å². The van der Waals surface area contributed by atoms with Crippen LogP contribution >= 0.6 is 0 Å². The molecule has 0 heterocycles. The lowest BCUT2D eigenvalue weighted by Crippen LogP contribution is -2.41. The van der Waals surface area contributed by atoms with E-state index in [0.29, 0.717) is 24.3 Å². The quantitative estimate of drug-likeness (QED) is 0.536. The van der Waals surface area contributed by atoms with Crippen LogP contribution in [0.5, 0.6) is 0 Å². The Morgan fingerprint density at radius 2 is 1.66 bits per heavy atom. The van der Waals surface area contributed by atoms with E-state index in [1.54, 1.807) is 12.1 Å². The minimum atomic E-state index is -0.368. The molecule has 0 aliphatic heterocycles. The second kappa shape index (κ2) is 11.8. The third-order valence-electron chi connectivity index (χ3n) is 4.60. The van der Waals surface area contributed by atoms with Crippen LogP contribution < -0.4 is 15.5 Å². The number of nitrogens with one attached hydrogen (secondary N) is 2. The first-order chi connectivity index (χ1) is 14.0. The first-order valence-electron chi connectivity index (χ1n) is 10.2. The maximum absolute atomic E-state index is 13.3. The Morgan fingerprint density at radius 3 is 2.31 bits per heavy atom. The van der Waals surface area contributed by atoms with Crippen molar-refractivity contribution in [2.45, 2.75) is 46.0 Å². The van der Waals surface area contributed by atoms with Gasteiger partial charge < -0.3 is 10.6 Å². The molecule has 29 heavy (non-hydrogen) atoms. The summed E-state index contributed by atoms with van der Waals surface area (Å²) < 4.78 is 13.3. The Hall–Kier alpha value is -2.89. The Bertz CT molecular complexity index is 776. The number of carbonyl (C=O) groups is 2. The summed E-state index contributed by atoms with van der Waals surface area (Å²) in [7, 11) is 0. The molecule has 0 saturated heterocycles. The molecule has 0 fully saturated rings. The Kier molecular flexibility index (Phi) is 9.15. The van der Waals surface area contributed by atoms with Crippen LogP contribution in [-0.4, -0.2) is 25.0 Å². The van der Waals surface area contributed by atoms with E-state index in [2.05, 4.69) is 17.6 Å². The SMILES string of the molecule is CCCCCCC(=O)NCCN(C(=O)Nc1ccc(C)cc1)c1ccc(F)cc1. The van der Waals surface area contributed by atoms with E-state index in [1.165, 1.54) is 17.0 Å². The van der Waals surface area contributed by atoms with Crippen LogP contribution in [0.3, 0.4) is 0 Å². The molecule has 2 aromatic carbocycles. The summed E-state index contributed by atoms with van der Waals surface area (Å²) in [6.45, 7) is 4.71. The number of nitrogens with zero attached hydrogens (tertiary/aromatic N) is 1. The normalized spacial score (nSPS) is 10.4. The van der Waals surface area contributed by atoms with Gasteiger partial charge in [-0.2, -0.15) is 0 Å². The number of hydrogen-bond donors (Lipinski definition) is 2. The highest BCUT2D eigenvalue weighted by Gasteiger charge is 2.16. The van der Waals surface area contributed by atoms with Crippen LogP contribution in [0.25, 0.3) is 0 Å². The van der Waals surface area contributed by atoms with Crippen molar-refractivity contribution in [3.63, 3.8) is 0 Å². The third kappa shape index (κ3) is 7.94. The van der Waals surface area contributed by atoms with Gasteiger partial charge in [-0.05, 0) is 49.7 Å². The summed E-state index contributed by atoms with van der Waals surface area (Å²) in [5.74, 6) is -0.382. The number of hydrogen-bond acceptors (Lipinski definition) is 2. The van der Waals surface area contributed by atoms with Crippen molar-refractivity contribution >= 4 is 23.3 Å². The number of halogens is 1. The number of carbonyl (C=O) groups excluding carboxylic acids is 2. The van der Waals surface area contributed by atoms with E-state index in [1.807, 2.05) is 31.2 Å². The Balaban J connectivity index is 1.96. The van der Waals surface area contributed by atoms with Crippen LogP contribution in [0.15, 0.2) is 48.5 Å². The molecule has 0 aliphatic rings. The van der Waals surface area contributed by atoms with Crippen molar-refractivity contribution < 1.29 is 14.0 Å². The number of aryl methyl sites for hydroxylation is 1. The van der Waals surface area contributed by atoms with Gasteiger partial charge in [-0.3, -0.25) is 9.69 Å². The van der Waals surface area contributed by atoms with Crippen molar-refractivity contribution in [2.24, 2.45) is 0 Å². The molecule has 5 nitrogen and oxygen atoms in total. The fourth-order valence-corrected chi connectivity index (χ4v) is 2.90. The predicted molar refractivity (Wildman–Crippen MR) is 116 cm³/mol. The van der Waals surface area contributed by atoms with E-state index in [-0.39, 0.29) is 24.3 Å². The van der Waals surface area contributed by atoms with Crippen molar-refractivity contribution in [1.82, 2.24) is 5.32 Å². The molecule has 0 saturated carbocycles. The molecule has 0 atom stereocenters. The number of benzene rings is 2. The van der Waals surface area contributed by atoms with Gasteiger partial charge in [-0.15, -0.1) is 0 Å². The summed E-state index contributed by atoms with van der Waals surface area (Å²) in [4.78, 5) is 26.3. The first-order valence-corrected chi connectivity index (χ1v) is 10.2. The standard InChI is InChI=1S/C23H30FN3O2/c1-3-4-5-6-7-22(28)25-16-17-27(21-14-10-19(24)11-15-21)23(29)26-20-12-8-18(2)9-13-20/h8-15H,3-7,16-17H2,1-2H3,(H,25,28)(H,26,29). The first kappa shape index (κ1) is 22.4. The van der Waals surface area contributed by atoms with Crippen molar-refractivity contribution in [1.29, 1.82) is 0 Å². The number of urea groups is 1. The van der Waals surface area contributed by atoms with Crippen LogP contribution in [0.4, 0.5) is 20.6 Å². The second-order valence-corrected chi connectivity index (χ2v) is 7.08. The van der Waals surface area contributed by atoms with Gasteiger partial charge in [0.15, 0.2) is 0 Å². The highest BCUT2D eigenvalue weighted by atomic mass is 19.1. The molecule has 0 aliphatic carbocycles. The minimum absolute atomic E-state index is 0.0147. The molecule has 156 valence electrons. The molecule has 2 rings (SSSR count). The van der Waals surface area contributed by atoms with Gasteiger partial charge in [-0.25, -0.2) is 9.18 Å². The summed E-state index contributed by atoms with van der Waals surface area (Å²) in [6, 6.07) is 12.9. The van der Waals surface area contributed by atoms with Crippen molar-refractivity contribution in [2.75, 3.05) is 23.3 Å². The van der Waals surface area contributed by atoms with Crippen molar-refractivity contribution in [3.8, 4) is 0 Å². The summed E-state index contributed by atoms with van der Waals surface area (Å²) >= 11 is 0. The molecule has 2 N–H and O–H groups in total. The van der Waals surface area contributed by atoms with E-state index in [9.17, 15) is 14.0 Å². The molecule has 2 aromatic rings. The zero-order chi connectivity index (χ0) is 21.1. The molecule has 0 aromatic heterocycles. The van der Waals surface area contributed by atoms with E-state index in [4.69, 9.17) is 0 Å². The lowest BCUT2D eigenvalue weighted by Gasteiger charge is -2.23. The highest BCUT2D eigenvalue weighted by Crippen LogP contribution is 2.17. The minimum Gasteiger partial charge on any atom is -0.354 e. The average Bonchev–Trinajstić information content (AvgIpc) is 2.71. The van der Waals surface area contributed by atoms with Gasteiger partial charge in [0, 0.05) is 30.9 Å². The fourth-order valence-electron chi connectivity index (χ4n) is 2.90. The molecular weight excluding hydrogens is 369 g/mol. The zero-order valence-electron chi connectivity index (χ0n) is 17.2. The molecule has 6 heteroatoms. The van der Waals surface area contributed by atoms with Gasteiger partial charge in [-0.1, -0.05) is 43.9 Å². The smallest absolute Gasteiger partial charge is 0.326 e. The summed E-state index contributed by atoms with van der Waals surface area (Å²) in [5, 5.41) is 5.71. The van der Waals surface area contributed by atoms with E-state index >= 15 is 0 Å². The number of unbranched alkanes of at least 4 members (excludes halogenated alkanes) is 3. The number of anilines is 2. The predicted octanol–water partition coefficient (Wildman–Crippen LogP) is 5.26. The van der Waals surface area contributed by atoms with Crippen LogP contribution in [0.1, 0.15) is 44.6 Å². The van der Waals surface area contributed by atoms with E-state index in [0.717, 1.165) is 31.2 Å². The molecule has 3 amide bonds.